The van der Waals surface area contributed by atoms with Crippen LogP contribution in [-0.2, 0) is 4.79 Å². The molecule has 1 aliphatic rings. The summed E-state index contributed by atoms with van der Waals surface area (Å²) in [6.07, 6.45) is 1.80. The van der Waals surface area contributed by atoms with E-state index in [1.165, 1.54) is 9.78 Å². The zero-order chi connectivity index (χ0) is 12.6. The molecular weight excluding hydrogens is 254 g/mol. The van der Waals surface area contributed by atoms with Crippen LogP contribution in [0.25, 0.3) is 6.08 Å². The van der Waals surface area contributed by atoms with Gasteiger partial charge in [-0.2, -0.15) is 0 Å². The Morgan fingerprint density at radius 1 is 1.29 bits per heavy atom. The fraction of sp³-hybridized carbons (Fsp3) is 0.333. The van der Waals surface area contributed by atoms with E-state index in [9.17, 15) is 9.59 Å². The smallest absolute Gasteiger partial charge is 0.268 e. The molecule has 0 N–H and O–H groups in total. The summed E-state index contributed by atoms with van der Waals surface area (Å²) in [6.45, 7) is 5.70. The molecule has 2 heterocycles. The maximum Gasteiger partial charge on any atom is 0.293 e. The molecule has 0 radical (unpaired) electrons. The van der Waals surface area contributed by atoms with Crippen LogP contribution in [0.2, 0.25) is 0 Å². The predicted octanol–water partition coefficient (Wildman–Crippen LogP) is 3.50. The van der Waals surface area contributed by atoms with E-state index in [1.807, 2.05) is 32.9 Å². The van der Waals surface area contributed by atoms with Crippen molar-refractivity contribution in [1.29, 1.82) is 0 Å². The minimum Gasteiger partial charge on any atom is -0.268 e. The Hall–Kier alpha value is -1.07. The van der Waals surface area contributed by atoms with E-state index in [-0.39, 0.29) is 17.2 Å². The number of amides is 2. The number of imide groups is 1. The number of carbonyl (C=O) groups excluding carboxylic acids is 2. The zero-order valence-electron chi connectivity index (χ0n) is 9.89. The highest BCUT2D eigenvalue weighted by molar-refractivity contribution is 8.18. The average molecular weight is 267 g/mol. The van der Waals surface area contributed by atoms with E-state index < -0.39 is 0 Å². The summed E-state index contributed by atoms with van der Waals surface area (Å²) < 4.78 is 0. The van der Waals surface area contributed by atoms with Crippen molar-refractivity contribution in [3.05, 3.63) is 26.8 Å². The number of carbonyl (C=O) groups is 2. The van der Waals surface area contributed by atoms with Crippen molar-refractivity contribution in [2.75, 3.05) is 0 Å². The van der Waals surface area contributed by atoms with Crippen LogP contribution in [0.5, 0.6) is 0 Å². The van der Waals surface area contributed by atoms with E-state index in [2.05, 4.69) is 0 Å². The second-order valence-electron chi connectivity index (χ2n) is 4.09. The molecule has 1 aromatic heterocycles. The Bertz CT molecular complexity index is 502. The van der Waals surface area contributed by atoms with E-state index in [0.717, 1.165) is 16.6 Å². The SMILES string of the molecule is Cc1ccc(C=C2SC(=O)N(C(C)C)C2=O)s1. The van der Waals surface area contributed by atoms with Gasteiger partial charge in [-0.1, -0.05) is 0 Å². The zero-order valence-corrected chi connectivity index (χ0v) is 11.5. The van der Waals surface area contributed by atoms with Gasteiger partial charge in [-0.05, 0) is 50.7 Å². The molecule has 2 amide bonds. The van der Waals surface area contributed by atoms with Crippen LogP contribution in [-0.4, -0.2) is 22.1 Å². The summed E-state index contributed by atoms with van der Waals surface area (Å²) >= 11 is 2.64. The van der Waals surface area contributed by atoms with Crippen molar-refractivity contribution in [2.45, 2.75) is 26.8 Å². The molecule has 0 unspecified atom stereocenters. The summed E-state index contributed by atoms with van der Waals surface area (Å²) in [4.78, 5) is 27.7. The van der Waals surface area contributed by atoms with Gasteiger partial charge in [-0.25, -0.2) is 0 Å². The Balaban J connectivity index is 2.28. The first-order valence-electron chi connectivity index (χ1n) is 5.32. The van der Waals surface area contributed by atoms with Gasteiger partial charge in [0.05, 0.1) is 4.91 Å². The van der Waals surface area contributed by atoms with Crippen molar-refractivity contribution in [1.82, 2.24) is 4.90 Å². The number of aryl methyl sites for hydroxylation is 1. The van der Waals surface area contributed by atoms with Gasteiger partial charge in [0.1, 0.15) is 0 Å². The lowest BCUT2D eigenvalue weighted by Crippen LogP contribution is -2.34. The molecule has 0 atom stereocenters. The largest absolute Gasteiger partial charge is 0.293 e. The Morgan fingerprint density at radius 2 is 2.00 bits per heavy atom. The van der Waals surface area contributed by atoms with Crippen molar-refractivity contribution in [3.8, 4) is 0 Å². The summed E-state index contributed by atoms with van der Waals surface area (Å²) in [5.74, 6) is -0.180. The molecular formula is C12H13NO2S2. The fourth-order valence-electron chi connectivity index (χ4n) is 1.59. The molecule has 0 aliphatic carbocycles. The lowest BCUT2D eigenvalue weighted by Gasteiger charge is -2.16. The standard InChI is InChI=1S/C12H13NO2S2/c1-7(2)13-11(14)10(17-12(13)15)6-9-5-4-8(3)16-9/h4-7H,1-3H3. The quantitative estimate of drug-likeness (QED) is 0.770. The monoisotopic (exact) mass is 267 g/mol. The summed E-state index contributed by atoms with van der Waals surface area (Å²) in [5.41, 5.74) is 0. The minimum absolute atomic E-state index is 0.0847. The molecule has 1 aromatic rings. The van der Waals surface area contributed by atoms with Gasteiger partial charge in [0.2, 0.25) is 0 Å². The van der Waals surface area contributed by atoms with Crippen molar-refractivity contribution in [2.24, 2.45) is 0 Å². The Labute approximate surface area is 109 Å². The van der Waals surface area contributed by atoms with Gasteiger partial charge in [0.15, 0.2) is 0 Å². The Kier molecular flexibility index (Phi) is 3.40. The first-order chi connectivity index (χ1) is 7.99. The third-order valence-corrected chi connectivity index (χ3v) is 4.21. The minimum atomic E-state index is -0.180. The van der Waals surface area contributed by atoms with E-state index >= 15 is 0 Å². The number of hydrogen-bond acceptors (Lipinski definition) is 4. The van der Waals surface area contributed by atoms with Crippen LogP contribution in [0.1, 0.15) is 23.6 Å². The summed E-state index contributed by atoms with van der Waals surface area (Å²) in [5, 5.41) is -0.176. The molecule has 90 valence electrons. The van der Waals surface area contributed by atoms with Crippen molar-refractivity contribution >= 4 is 40.3 Å². The predicted molar refractivity (Wildman–Crippen MR) is 72.0 cm³/mol. The maximum atomic E-state index is 12.0. The molecule has 1 saturated heterocycles. The molecule has 0 spiro atoms. The molecule has 1 aliphatic heterocycles. The summed E-state index contributed by atoms with van der Waals surface area (Å²) in [7, 11) is 0. The third kappa shape index (κ3) is 2.45. The average Bonchev–Trinajstić information content (AvgIpc) is 2.73. The molecule has 2 rings (SSSR count). The molecule has 17 heavy (non-hydrogen) atoms. The topological polar surface area (TPSA) is 37.4 Å². The highest BCUT2D eigenvalue weighted by Crippen LogP contribution is 2.34. The van der Waals surface area contributed by atoms with Crippen molar-refractivity contribution in [3.63, 3.8) is 0 Å². The lowest BCUT2D eigenvalue weighted by atomic mass is 10.3. The number of rotatable bonds is 2. The van der Waals surface area contributed by atoms with Gasteiger partial charge in [-0.15, -0.1) is 11.3 Å². The number of hydrogen-bond donors (Lipinski definition) is 0. The number of nitrogens with zero attached hydrogens (tertiary/aromatic N) is 1. The fourth-order valence-corrected chi connectivity index (χ4v) is 3.43. The van der Waals surface area contributed by atoms with Gasteiger partial charge >= 0.3 is 0 Å². The number of thioether (sulfide) groups is 1. The highest BCUT2D eigenvalue weighted by atomic mass is 32.2. The third-order valence-electron chi connectivity index (χ3n) is 2.37. The number of thiophene rings is 1. The van der Waals surface area contributed by atoms with Gasteiger partial charge in [-0.3, -0.25) is 14.5 Å². The second kappa shape index (κ2) is 4.66. The van der Waals surface area contributed by atoms with Gasteiger partial charge in [0, 0.05) is 15.8 Å². The highest BCUT2D eigenvalue weighted by Gasteiger charge is 2.36. The van der Waals surface area contributed by atoms with Gasteiger partial charge < -0.3 is 0 Å². The normalized spacial score (nSPS) is 18.8. The lowest BCUT2D eigenvalue weighted by molar-refractivity contribution is -0.123. The second-order valence-corrected chi connectivity index (χ2v) is 6.41. The molecule has 3 nitrogen and oxygen atoms in total. The molecule has 1 fully saturated rings. The first kappa shape index (κ1) is 12.4. The van der Waals surface area contributed by atoms with Crippen LogP contribution in [0.3, 0.4) is 0 Å². The Morgan fingerprint density at radius 3 is 2.47 bits per heavy atom. The molecule has 0 bridgehead atoms. The van der Waals surface area contributed by atoms with Crippen LogP contribution >= 0.6 is 23.1 Å². The first-order valence-corrected chi connectivity index (χ1v) is 6.96. The summed E-state index contributed by atoms with van der Waals surface area (Å²) in [6, 6.07) is 3.88. The maximum absolute atomic E-state index is 12.0. The molecule has 0 saturated carbocycles. The van der Waals surface area contributed by atoms with Crippen LogP contribution in [0.4, 0.5) is 4.79 Å². The van der Waals surface area contributed by atoms with Gasteiger partial charge in [0.25, 0.3) is 11.1 Å². The van der Waals surface area contributed by atoms with E-state index in [4.69, 9.17) is 0 Å². The van der Waals surface area contributed by atoms with Crippen molar-refractivity contribution < 1.29 is 9.59 Å². The molecule has 5 heteroatoms. The molecule has 0 aromatic carbocycles. The van der Waals surface area contributed by atoms with E-state index in [0.29, 0.717) is 4.91 Å². The van der Waals surface area contributed by atoms with Crippen LogP contribution in [0.15, 0.2) is 17.0 Å². The van der Waals surface area contributed by atoms with Crippen LogP contribution < -0.4 is 0 Å². The van der Waals surface area contributed by atoms with E-state index in [1.54, 1.807) is 17.4 Å². The van der Waals surface area contributed by atoms with Crippen LogP contribution in [0, 0.1) is 6.92 Å².